The van der Waals surface area contributed by atoms with E-state index in [4.69, 9.17) is 5.11 Å². The maximum atomic E-state index is 12.5. The van der Waals surface area contributed by atoms with Crippen LogP contribution < -0.4 is 10.6 Å². The van der Waals surface area contributed by atoms with Crippen LogP contribution in [-0.2, 0) is 0 Å². The monoisotopic (exact) mass is 284 g/mol. The molecule has 1 aromatic heterocycles. The Morgan fingerprint density at radius 1 is 1.45 bits per heavy atom. The number of carbonyl (C=O) groups excluding carboxylic acids is 1. The molecule has 0 aliphatic carbocycles. The second kappa shape index (κ2) is 6.29. The molecule has 2 amide bonds. The van der Waals surface area contributed by atoms with E-state index in [0.29, 0.717) is 29.7 Å². The van der Waals surface area contributed by atoms with Crippen molar-refractivity contribution in [3.8, 4) is 0 Å². The molecule has 0 saturated carbocycles. The number of aromatic amines is 1. The van der Waals surface area contributed by atoms with Gasteiger partial charge in [-0.2, -0.15) is 0 Å². The molecule has 6 nitrogen and oxygen atoms in total. The first kappa shape index (κ1) is 14.2. The Morgan fingerprint density at radius 3 is 2.95 bits per heavy atom. The number of hydrogen-bond donors (Lipinski definition) is 4. The van der Waals surface area contributed by atoms with Crippen molar-refractivity contribution in [2.75, 3.05) is 18.5 Å². The van der Waals surface area contributed by atoms with E-state index in [0.717, 1.165) is 0 Å². The van der Waals surface area contributed by atoms with E-state index in [9.17, 15) is 13.6 Å². The predicted molar refractivity (Wildman–Crippen MR) is 69.8 cm³/mol. The van der Waals surface area contributed by atoms with Crippen LogP contribution in [0.15, 0.2) is 18.2 Å². The summed E-state index contributed by atoms with van der Waals surface area (Å²) in [6.45, 7) is 0.348. The summed E-state index contributed by atoms with van der Waals surface area (Å²) in [6, 6.07) is 4.22. The van der Waals surface area contributed by atoms with E-state index >= 15 is 0 Å². The van der Waals surface area contributed by atoms with E-state index in [2.05, 4.69) is 20.6 Å². The number of benzene rings is 1. The van der Waals surface area contributed by atoms with Gasteiger partial charge in [0.05, 0.1) is 11.0 Å². The van der Waals surface area contributed by atoms with Gasteiger partial charge in [-0.3, -0.25) is 0 Å². The maximum absolute atomic E-state index is 12.5. The third-order valence-corrected chi connectivity index (χ3v) is 2.59. The summed E-state index contributed by atoms with van der Waals surface area (Å²) in [5, 5.41) is 13.7. The van der Waals surface area contributed by atoms with Gasteiger partial charge in [0.2, 0.25) is 0 Å². The zero-order chi connectivity index (χ0) is 14.5. The third kappa shape index (κ3) is 3.41. The number of carbonyl (C=O) groups is 1. The molecule has 0 aliphatic rings. The van der Waals surface area contributed by atoms with E-state index in [-0.39, 0.29) is 6.61 Å². The smallest absolute Gasteiger partial charge is 0.319 e. The van der Waals surface area contributed by atoms with Crippen molar-refractivity contribution in [1.82, 2.24) is 15.3 Å². The number of fused-ring (bicyclic) bond motifs is 1. The van der Waals surface area contributed by atoms with Crippen molar-refractivity contribution in [3.63, 3.8) is 0 Å². The molecule has 1 aromatic carbocycles. The lowest BCUT2D eigenvalue weighted by Gasteiger charge is -2.06. The normalized spacial score (nSPS) is 11.0. The van der Waals surface area contributed by atoms with Crippen LogP contribution in [0.5, 0.6) is 0 Å². The summed E-state index contributed by atoms with van der Waals surface area (Å²) in [5.74, 6) is -0.399. The molecule has 2 rings (SSSR count). The molecule has 20 heavy (non-hydrogen) atoms. The van der Waals surface area contributed by atoms with Crippen LogP contribution in [0.3, 0.4) is 0 Å². The average Bonchev–Trinajstić information content (AvgIpc) is 2.82. The van der Waals surface area contributed by atoms with Crippen LogP contribution in [0.25, 0.3) is 11.0 Å². The first-order valence-electron chi connectivity index (χ1n) is 6.03. The number of aromatic nitrogens is 2. The van der Waals surface area contributed by atoms with Gasteiger partial charge in [-0.25, -0.2) is 18.6 Å². The average molecular weight is 284 g/mol. The number of aliphatic hydroxyl groups is 1. The highest BCUT2D eigenvalue weighted by Gasteiger charge is 2.12. The fraction of sp³-hybridized carbons (Fsp3) is 0.333. The molecule has 4 N–H and O–H groups in total. The number of urea groups is 1. The van der Waals surface area contributed by atoms with Crippen molar-refractivity contribution in [2.45, 2.75) is 12.8 Å². The Balaban J connectivity index is 2.05. The molecule has 108 valence electrons. The number of alkyl halides is 2. The molecule has 0 bridgehead atoms. The molecule has 0 radical (unpaired) electrons. The van der Waals surface area contributed by atoms with E-state index in [1.165, 1.54) is 6.07 Å². The summed E-state index contributed by atoms with van der Waals surface area (Å²) >= 11 is 0. The fourth-order valence-electron chi connectivity index (χ4n) is 1.67. The Bertz CT molecular complexity index is 600. The van der Waals surface area contributed by atoms with Crippen LogP contribution in [0.4, 0.5) is 19.3 Å². The quantitative estimate of drug-likeness (QED) is 0.633. The number of halogens is 2. The highest BCUT2D eigenvalue weighted by molar-refractivity contribution is 5.91. The SMILES string of the molecule is O=C(NCCCO)Nc1ccc2nc(C(F)F)[nH]c2c1. The Kier molecular flexibility index (Phi) is 4.46. The molecule has 8 heteroatoms. The minimum atomic E-state index is -2.67. The zero-order valence-electron chi connectivity index (χ0n) is 10.5. The molecule has 0 saturated heterocycles. The summed E-state index contributed by atoms with van der Waals surface area (Å²) in [4.78, 5) is 17.7. The van der Waals surface area contributed by atoms with Gasteiger partial charge < -0.3 is 20.7 Å². The molecule has 0 aliphatic heterocycles. The van der Waals surface area contributed by atoms with Gasteiger partial charge in [-0.15, -0.1) is 0 Å². The first-order valence-corrected chi connectivity index (χ1v) is 6.03. The maximum Gasteiger partial charge on any atom is 0.319 e. The van der Waals surface area contributed by atoms with Crippen molar-refractivity contribution in [2.24, 2.45) is 0 Å². The number of amides is 2. The van der Waals surface area contributed by atoms with E-state index in [1.54, 1.807) is 12.1 Å². The number of aliphatic hydroxyl groups excluding tert-OH is 1. The van der Waals surface area contributed by atoms with Gasteiger partial charge in [0, 0.05) is 18.8 Å². The molecule has 1 heterocycles. The highest BCUT2D eigenvalue weighted by Crippen LogP contribution is 2.22. The summed E-state index contributed by atoms with van der Waals surface area (Å²) < 4.78 is 25.0. The Labute approximate surface area is 113 Å². The van der Waals surface area contributed by atoms with Crippen molar-refractivity contribution < 1.29 is 18.7 Å². The summed E-state index contributed by atoms with van der Waals surface area (Å²) in [6.07, 6.45) is -2.20. The number of imidazole rings is 1. The molecular weight excluding hydrogens is 270 g/mol. The summed E-state index contributed by atoms with van der Waals surface area (Å²) in [5.41, 5.74) is 1.29. The van der Waals surface area contributed by atoms with E-state index in [1.807, 2.05) is 0 Å². The van der Waals surface area contributed by atoms with E-state index < -0.39 is 18.3 Å². The Hall–Kier alpha value is -2.22. The molecule has 2 aromatic rings. The minimum absolute atomic E-state index is 0.00319. The van der Waals surface area contributed by atoms with Gasteiger partial charge in [0.15, 0.2) is 5.82 Å². The fourth-order valence-corrected chi connectivity index (χ4v) is 1.67. The number of hydrogen-bond acceptors (Lipinski definition) is 3. The molecule has 0 atom stereocenters. The van der Waals surface area contributed by atoms with Crippen LogP contribution in [-0.4, -0.2) is 34.3 Å². The van der Waals surface area contributed by atoms with Crippen molar-refractivity contribution in [3.05, 3.63) is 24.0 Å². The molecule has 0 fully saturated rings. The number of rotatable bonds is 5. The topological polar surface area (TPSA) is 90.0 Å². The third-order valence-electron chi connectivity index (χ3n) is 2.59. The number of H-pyrrole nitrogens is 1. The minimum Gasteiger partial charge on any atom is -0.396 e. The number of nitrogens with one attached hydrogen (secondary N) is 3. The summed E-state index contributed by atoms with van der Waals surface area (Å²) in [7, 11) is 0. The van der Waals surface area contributed by atoms with Gasteiger partial charge in [-0.1, -0.05) is 0 Å². The zero-order valence-corrected chi connectivity index (χ0v) is 10.5. The largest absolute Gasteiger partial charge is 0.396 e. The molecule has 0 spiro atoms. The number of nitrogens with zero attached hydrogens (tertiary/aromatic N) is 1. The van der Waals surface area contributed by atoms with Crippen LogP contribution >= 0.6 is 0 Å². The predicted octanol–water partition coefficient (Wildman–Crippen LogP) is 2.00. The first-order chi connectivity index (χ1) is 9.60. The van der Waals surface area contributed by atoms with Gasteiger partial charge in [0.25, 0.3) is 6.43 Å². The number of anilines is 1. The lowest BCUT2D eigenvalue weighted by atomic mass is 10.3. The van der Waals surface area contributed by atoms with Gasteiger partial charge in [0.1, 0.15) is 0 Å². The van der Waals surface area contributed by atoms with Crippen LogP contribution in [0, 0.1) is 0 Å². The van der Waals surface area contributed by atoms with Gasteiger partial charge in [-0.05, 0) is 24.6 Å². The van der Waals surface area contributed by atoms with Crippen LogP contribution in [0.1, 0.15) is 18.7 Å². The second-order valence-electron chi connectivity index (χ2n) is 4.11. The van der Waals surface area contributed by atoms with Gasteiger partial charge >= 0.3 is 6.03 Å². The standard InChI is InChI=1S/C12H14F2N4O2/c13-10(14)11-17-8-3-2-7(6-9(8)18-11)16-12(20)15-4-1-5-19/h2-3,6,10,19H,1,4-5H2,(H,17,18)(H2,15,16,20). The molecule has 0 unspecified atom stereocenters. The highest BCUT2D eigenvalue weighted by atomic mass is 19.3. The lowest BCUT2D eigenvalue weighted by Crippen LogP contribution is -2.29. The molecular formula is C12H14F2N4O2. The van der Waals surface area contributed by atoms with Crippen molar-refractivity contribution in [1.29, 1.82) is 0 Å². The lowest BCUT2D eigenvalue weighted by molar-refractivity contribution is 0.142. The van der Waals surface area contributed by atoms with Crippen molar-refractivity contribution >= 4 is 22.8 Å². The second-order valence-corrected chi connectivity index (χ2v) is 4.11. The Morgan fingerprint density at radius 2 is 2.25 bits per heavy atom. The van der Waals surface area contributed by atoms with Crippen LogP contribution in [0.2, 0.25) is 0 Å².